The van der Waals surface area contributed by atoms with E-state index in [4.69, 9.17) is 0 Å². The van der Waals surface area contributed by atoms with Crippen LogP contribution in [0.2, 0.25) is 0 Å². The van der Waals surface area contributed by atoms with Crippen LogP contribution in [0, 0.1) is 23.2 Å². The molecule has 2 unspecified atom stereocenters. The lowest BCUT2D eigenvalue weighted by atomic mass is 9.94. The van der Waals surface area contributed by atoms with Gasteiger partial charge in [0.05, 0.1) is 0 Å². The third-order valence-electron chi connectivity index (χ3n) is 4.82. The molecule has 0 bridgehead atoms. The van der Waals surface area contributed by atoms with Gasteiger partial charge in [-0.2, -0.15) is 0 Å². The summed E-state index contributed by atoms with van der Waals surface area (Å²) in [7, 11) is 0. The summed E-state index contributed by atoms with van der Waals surface area (Å²) >= 11 is 0. The van der Waals surface area contributed by atoms with Gasteiger partial charge in [-0.3, -0.25) is 0 Å². The number of likely N-dealkylation sites (tertiary alicyclic amines) is 1. The topological polar surface area (TPSA) is 3.24 Å². The van der Waals surface area contributed by atoms with Crippen LogP contribution in [0.3, 0.4) is 0 Å². The number of fused-ring (bicyclic) bond motifs is 1. The molecule has 2 atom stereocenters. The van der Waals surface area contributed by atoms with E-state index in [1.54, 1.807) is 6.42 Å². The zero-order valence-corrected chi connectivity index (χ0v) is 10.3. The smallest absolute Gasteiger partial charge is 0.00382 e. The summed E-state index contributed by atoms with van der Waals surface area (Å²) in [6.07, 6.45) is 7.53. The van der Waals surface area contributed by atoms with Crippen molar-refractivity contribution in [1.29, 1.82) is 0 Å². The van der Waals surface area contributed by atoms with Crippen molar-refractivity contribution in [2.45, 2.75) is 46.0 Å². The Labute approximate surface area is 94.2 Å². The summed E-state index contributed by atoms with van der Waals surface area (Å²) in [6, 6.07) is 0. The van der Waals surface area contributed by atoms with Gasteiger partial charge in [0.2, 0.25) is 0 Å². The largest absolute Gasteiger partial charge is 0.302 e. The number of nitrogens with zero attached hydrogens (tertiary/aromatic N) is 1. The molecule has 0 aromatic carbocycles. The highest BCUT2D eigenvalue weighted by molar-refractivity contribution is 5.02. The van der Waals surface area contributed by atoms with Crippen molar-refractivity contribution in [2.75, 3.05) is 19.6 Å². The van der Waals surface area contributed by atoms with Gasteiger partial charge in [-0.05, 0) is 48.9 Å². The van der Waals surface area contributed by atoms with Gasteiger partial charge in [0.1, 0.15) is 0 Å². The molecule has 0 aromatic heterocycles. The monoisotopic (exact) mass is 207 g/mol. The molecule has 2 aliphatic carbocycles. The average Bonchev–Trinajstić information content (AvgIpc) is 3.06. The van der Waals surface area contributed by atoms with Crippen LogP contribution in [0.15, 0.2) is 0 Å². The fourth-order valence-electron chi connectivity index (χ4n) is 3.36. The van der Waals surface area contributed by atoms with Crippen LogP contribution in [-0.4, -0.2) is 24.5 Å². The van der Waals surface area contributed by atoms with E-state index in [9.17, 15) is 0 Å². The van der Waals surface area contributed by atoms with E-state index in [-0.39, 0.29) is 0 Å². The molecule has 3 rings (SSSR count). The Morgan fingerprint density at radius 3 is 2.40 bits per heavy atom. The Kier molecular flexibility index (Phi) is 2.35. The van der Waals surface area contributed by atoms with Crippen LogP contribution < -0.4 is 0 Å². The van der Waals surface area contributed by atoms with Crippen molar-refractivity contribution in [3.05, 3.63) is 0 Å². The van der Waals surface area contributed by atoms with Gasteiger partial charge < -0.3 is 4.90 Å². The lowest BCUT2D eigenvalue weighted by Gasteiger charge is -2.25. The van der Waals surface area contributed by atoms with Crippen LogP contribution in [0.1, 0.15) is 46.0 Å². The third kappa shape index (κ3) is 2.22. The van der Waals surface area contributed by atoms with Gasteiger partial charge in [0, 0.05) is 19.6 Å². The second-order valence-corrected chi connectivity index (χ2v) is 6.88. The standard InChI is InChI=1S/C14H25N/c1-11(2)3-4-14(5-6-14)10-15-8-12-7-13(12)9-15/h11-13H,3-10H2,1-2H3. The van der Waals surface area contributed by atoms with Crippen LogP contribution >= 0.6 is 0 Å². The maximum absolute atomic E-state index is 2.77. The first-order valence-electron chi connectivity index (χ1n) is 6.89. The highest BCUT2D eigenvalue weighted by Gasteiger charge is 2.49. The van der Waals surface area contributed by atoms with Crippen LogP contribution in [-0.2, 0) is 0 Å². The molecule has 86 valence electrons. The van der Waals surface area contributed by atoms with Crippen LogP contribution in [0.25, 0.3) is 0 Å². The number of piperidine rings is 1. The molecule has 0 amide bonds. The normalized spacial score (nSPS) is 37.0. The Hall–Kier alpha value is -0.0400. The highest BCUT2D eigenvalue weighted by atomic mass is 15.2. The van der Waals surface area contributed by atoms with Crippen molar-refractivity contribution in [3.63, 3.8) is 0 Å². The quantitative estimate of drug-likeness (QED) is 0.669. The van der Waals surface area contributed by atoms with E-state index in [1.165, 1.54) is 45.3 Å². The van der Waals surface area contributed by atoms with Gasteiger partial charge in [-0.25, -0.2) is 0 Å². The van der Waals surface area contributed by atoms with E-state index in [2.05, 4.69) is 18.7 Å². The zero-order chi connectivity index (χ0) is 10.5. The highest BCUT2D eigenvalue weighted by Crippen LogP contribution is 2.53. The van der Waals surface area contributed by atoms with Crippen LogP contribution in [0.5, 0.6) is 0 Å². The molecule has 3 fully saturated rings. The molecule has 0 radical (unpaired) electrons. The molecule has 1 aliphatic heterocycles. The minimum atomic E-state index is 0.779. The number of rotatable bonds is 5. The lowest BCUT2D eigenvalue weighted by molar-refractivity contribution is 0.226. The summed E-state index contributed by atoms with van der Waals surface area (Å²) < 4.78 is 0. The fourth-order valence-corrected chi connectivity index (χ4v) is 3.36. The molecule has 15 heavy (non-hydrogen) atoms. The number of hydrogen-bond donors (Lipinski definition) is 0. The molecular weight excluding hydrogens is 182 g/mol. The van der Waals surface area contributed by atoms with Crippen LogP contribution in [0.4, 0.5) is 0 Å². The minimum Gasteiger partial charge on any atom is -0.302 e. The molecule has 3 aliphatic rings. The summed E-state index contributed by atoms with van der Waals surface area (Å²) in [5.74, 6) is 3.13. The van der Waals surface area contributed by atoms with Crippen molar-refractivity contribution in [3.8, 4) is 0 Å². The van der Waals surface area contributed by atoms with E-state index in [1.807, 2.05) is 0 Å². The second-order valence-electron chi connectivity index (χ2n) is 6.88. The van der Waals surface area contributed by atoms with Gasteiger partial charge in [-0.15, -0.1) is 0 Å². The van der Waals surface area contributed by atoms with Gasteiger partial charge in [0.25, 0.3) is 0 Å². The molecule has 1 heterocycles. The predicted molar refractivity (Wildman–Crippen MR) is 63.8 cm³/mol. The molecule has 1 heteroatoms. The van der Waals surface area contributed by atoms with E-state index < -0.39 is 0 Å². The maximum Gasteiger partial charge on any atom is 0.00382 e. The van der Waals surface area contributed by atoms with Gasteiger partial charge in [0.15, 0.2) is 0 Å². The first-order chi connectivity index (χ1) is 7.17. The Morgan fingerprint density at radius 2 is 1.87 bits per heavy atom. The summed E-state index contributed by atoms with van der Waals surface area (Å²) in [5.41, 5.74) is 0.779. The summed E-state index contributed by atoms with van der Waals surface area (Å²) in [6.45, 7) is 9.04. The first-order valence-corrected chi connectivity index (χ1v) is 6.89. The van der Waals surface area contributed by atoms with Crippen molar-refractivity contribution >= 4 is 0 Å². The molecular formula is C14H25N. The summed E-state index contributed by atoms with van der Waals surface area (Å²) in [4.78, 5) is 2.77. The lowest BCUT2D eigenvalue weighted by Crippen LogP contribution is -2.30. The van der Waals surface area contributed by atoms with Crippen molar-refractivity contribution in [1.82, 2.24) is 4.90 Å². The predicted octanol–water partition coefficient (Wildman–Crippen LogP) is 3.15. The van der Waals surface area contributed by atoms with E-state index in [0.717, 1.165) is 23.2 Å². The Bertz CT molecular complexity index is 232. The Morgan fingerprint density at radius 1 is 1.20 bits per heavy atom. The summed E-state index contributed by atoms with van der Waals surface area (Å²) in [5, 5.41) is 0. The SMILES string of the molecule is CC(C)CCC1(CN2CC3CC3C2)CC1. The third-order valence-corrected chi connectivity index (χ3v) is 4.82. The molecule has 0 N–H and O–H groups in total. The van der Waals surface area contributed by atoms with E-state index >= 15 is 0 Å². The molecule has 0 spiro atoms. The fraction of sp³-hybridized carbons (Fsp3) is 1.00. The van der Waals surface area contributed by atoms with Crippen molar-refractivity contribution < 1.29 is 0 Å². The molecule has 0 aromatic rings. The van der Waals surface area contributed by atoms with E-state index in [0.29, 0.717) is 0 Å². The molecule has 1 nitrogen and oxygen atoms in total. The molecule has 2 saturated carbocycles. The molecule has 1 saturated heterocycles. The maximum atomic E-state index is 2.77. The Balaban J connectivity index is 1.45. The zero-order valence-electron chi connectivity index (χ0n) is 10.3. The van der Waals surface area contributed by atoms with Gasteiger partial charge >= 0.3 is 0 Å². The first kappa shape index (κ1) is 10.1. The average molecular weight is 207 g/mol. The second kappa shape index (κ2) is 3.48. The van der Waals surface area contributed by atoms with Crippen molar-refractivity contribution in [2.24, 2.45) is 23.2 Å². The number of hydrogen-bond acceptors (Lipinski definition) is 1. The van der Waals surface area contributed by atoms with Gasteiger partial charge in [-0.1, -0.05) is 20.3 Å². The minimum absolute atomic E-state index is 0.779.